The van der Waals surface area contributed by atoms with Gasteiger partial charge >= 0.3 is 12.1 Å². The van der Waals surface area contributed by atoms with E-state index in [1.54, 1.807) is 7.11 Å². The Morgan fingerprint density at radius 2 is 1.70 bits per heavy atom. The van der Waals surface area contributed by atoms with Crippen LogP contribution in [0.1, 0.15) is 35.2 Å². The number of hydrogen-bond donors (Lipinski definition) is 4. The zero-order valence-electron chi connectivity index (χ0n) is 29.8. The van der Waals surface area contributed by atoms with E-state index in [2.05, 4.69) is 16.7 Å². The molecule has 0 saturated heterocycles. The Labute approximate surface area is 311 Å². The van der Waals surface area contributed by atoms with E-state index in [1.807, 2.05) is 10.8 Å². The summed E-state index contributed by atoms with van der Waals surface area (Å²) in [7, 11) is -3.11. The van der Waals surface area contributed by atoms with Crippen molar-refractivity contribution in [2.24, 2.45) is 0 Å². The molecular formula is C36H45F3N4O10S. The van der Waals surface area contributed by atoms with Crippen molar-refractivity contribution in [2.75, 3.05) is 77.1 Å². The quantitative estimate of drug-likeness (QED) is 0.101. The van der Waals surface area contributed by atoms with Gasteiger partial charge < -0.3 is 39.4 Å². The summed E-state index contributed by atoms with van der Waals surface area (Å²) in [5, 5.41) is 15.9. The molecule has 18 heteroatoms. The Morgan fingerprint density at radius 3 is 2.43 bits per heavy atom. The molecule has 1 aliphatic rings. The standard InChI is InChI=1S/C36H45F3N4O10S/c1-49-15-16-50-17-18-51-19-20-52-24-33(44)42-30-21-25(9-12-32(30)53-14-4-7-28-11-10-26-5-3-13-40-34(26)41-28)22-31(35(45)46)43-54(47,48)29-8-2-6-27(23-29)36(37,38)39/h2,6,8-12,21,23,31,43H,3-5,7,13-20,22,24H2,1H3,(H,40,41)(H,42,44)(H,45,46)/t31-/m0/s1. The molecule has 54 heavy (non-hydrogen) atoms. The number of pyridine rings is 1. The van der Waals surface area contributed by atoms with Gasteiger partial charge in [-0.25, -0.2) is 13.4 Å². The zero-order valence-corrected chi connectivity index (χ0v) is 30.6. The highest BCUT2D eigenvalue weighted by Gasteiger charge is 2.33. The molecule has 1 atom stereocenters. The number of aryl methyl sites for hydroxylation is 2. The number of hydrogen-bond acceptors (Lipinski definition) is 11. The number of anilines is 2. The Balaban J connectivity index is 1.40. The van der Waals surface area contributed by atoms with Crippen LogP contribution in [0.2, 0.25) is 0 Å². The Kier molecular flexibility index (Phi) is 16.4. The van der Waals surface area contributed by atoms with Crippen LogP contribution in [0, 0.1) is 0 Å². The van der Waals surface area contributed by atoms with Gasteiger partial charge in [-0.05, 0) is 79.6 Å². The highest BCUT2D eigenvalue weighted by molar-refractivity contribution is 7.89. The van der Waals surface area contributed by atoms with Crippen LogP contribution in [-0.4, -0.2) is 103 Å². The third-order valence-electron chi connectivity index (χ3n) is 8.02. The molecule has 296 valence electrons. The minimum absolute atomic E-state index is 0.119. The molecule has 0 saturated carbocycles. The van der Waals surface area contributed by atoms with Crippen LogP contribution in [0.25, 0.3) is 0 Å². The SMILES string of the molecule is COCCOCCOCCOCC(=O)Nc1cc(C[C@H](NS(=O)(=O)c2cccc(C(F)(F)F)c2)C(=O)O)ccc1OCCCc1ccc2c(n1)NCCC2. The van der Waals surface area contributed by atoms with Crippen molar-refractivity contribution < 1.29 is 60.0 Å². The number of carboxylic acid groups (broad SMARTS) is 1. The van der Waals surface area contributed by atoms with Crippen molar-refractivity contribution >= 4 is 33.4 Å². The molecule has 1 aliphatic heterocycles. The second kappa shape index (κ2) is 20.9. The fourth-order valence-corrected chi connectivity index (χ4v) is 6.55. The summed E-state index contributed by atoms with van der Waals surface area (Å²) < 4.78 is 94.6. The first-order valence-electron chi connectivity index (χ1n) is 17.3. The first-order chi connectivity index (χ1) is 25.9. The molecule has 14 nitrogen and oxygen atoms in total. The van der Waals surface area contributed by atoms with Crippen molar-refractivity contribution in [3.8, 4) is 5.75 Å². The number of alkyl halides is 3. The average Bonchev–Trinajstić information content (AvgIpc) is 3.14. The summed E-state index contributed by atoms with van der Waals surface area (Å²) in [6.45, 7) is 2.73. The monoisotopic (exact) mass is 782 g/mol. The number of nitrogens with zero attached hydrogens (tertiary/aromatic N) is 1. The summed E-state index contributed by atoms with van der Waals surface area (Å²) in [6.07, 6.45) is -2.00. The van der Waals surface area contributed by atoms with Crippen LogP contribution >= 0.6 is 0 Å². The fourth-order valence-electron chi connectivity index (χ4n) is 5.31. The number of carboxylic acids is 1. The fraction of sp³-hybridized carbons (Fsp3) is 0.472. The number of ether oxygens (including phenoxy) is 5. The molecule has 1 amide bonds. The molecule has 3 aromatic rings. The van der Waals surface area contributed by atoms with Crippen LogP contribution in [0.5, 0.6) is 5.75 Å². The van der Waals surface area contributed by atoms with E-state index in [4.69, 9.17) is 28.7 Å². The molecule has 0 fully saturated rings. The molecule has 4 N–H and O–H groups in total. The predicted octanol–water partition coefficient (Wildman–Crippen LogP) is 4.08. The van der Waals surface area contributed by atoms with Gasteiger partial charge in [0.15, 0.2) is 0 Å². The van der Waals surface area contributed by atoms with E-state index >= 15 is 0 Å². The highest BCUT2D eigenvalue weighted by Crippen LogP contribution is 2.31. The number of sulfonamides is 1. The maximum Gasteiger partial charge on any atom is 0.416 e. The van der Waals surface area contributed by atoms with Crippen LogP contribution in [0.3, 0.4) is 0 Å². The third-order valence-corrected chi connectivity index (χ3v) is 9.49. The minimum Gasteiger partial charge on any atom is -0.491 e. The van der Waals surface area contributed by atoms with Gasteiger partial charge in [-0.2, -0.15) is 17.9 Å². The topological polar surface area (TPSA) is 184 Å². The van der Waals surface area contributed by atoms with Gasteiger partial charge in [0.25, 0.3) is 0 Å². The van der Waals surface area contributed by atoms with Crippen molar-refractivity contribution in [3.05, 3.63) is 77.0 Å². The lowest BCUT2D eigenvalue weighted by molar-refractivity contribution is -0.139. The number of benzene rings is 2. The summed E-state index contributed by atoms with van der Waals surface area (Å²) in [5.41, 5.74) is 1.32. The molecule has 2 heterocycles. The number of aromatic nitrogens is 1. The van der Waals surface area contributed by atoms with Crippen LogP contribution in [0.15, 0.2) is 59.5 Å². The zero-order chi connectivity index (χ0) is 39.0. The van der Waals surface area contributed by atoms with E-state index < -0.39 is 51.0 Å². The van der Waals surface area contributed by atoms with Crippen LogP contribution in [-0.2, 0) is 64.0 Å². The maximum atomic E-state index is 13.2. The third kappa shape index (κ3) is 13.8. The minimum atomic E-state index is -4.81. The van der Waals surface area contributed by atoms with E-state index in [9.17, 15) is 36.3 Å². The molecule has 2 aromatic carbocycles. The number of aliphatic carboxylic acids is 1. The molecular weight excluding hydrogens is 737 g/mol. The van der Waals surface area contributed by atoms with Gasteiger partial charge in [0.1, 0.15) is 24.2 Å². The van der Waals surface area contributed by atoms with Gasteiger partial charge in [0, 0.05) is 19.3 Å². The lowest BCUT2D eigenvalue weighted by atomic mass is 10.1. The number of carbonyl (C=O) groups is 2. The Bertz CT molecular complexity index is 1800. The lowest BCUT2D eigenvalue weighted by Crippen LogP contribution is -2.42. The van der Waals surface area contributed by atoms with Gasteiger partial charge in [-0.15, -0.1) is 0 Å². The summed E-state index contributed by atoms with van der Waals surface area (Å²) in [4.78, 5) is 29.0. The molecule has 0 spiro atoms. The first-order valence-corrected chi connectivity index (χ1v) is 18.8. The average molecular weight is 783 g/mol. The number of fused-ring (bicyclic) bond motifs is 1. The second-order valence-corrected chi connectivity index (χ2v) is 13.9. The van der Waals surface area contributed by atoms with Crippen molar-refractivity contribution in [2.45, 2.75) is 49.2 Å². The number of rotatable bonds is 23. The van der Waals surface area contributed by atoms with Gasteiger partial charge in [0.2, 0.25) is 15.9 Å². The summed E-state index contributed by atoms with van der Waals surface area (Å²) in [6, 6.07) is 9.70. The van der Waals surface area contributed by atoms with Gasteiger partial charge in [-0.1, -0.05) is 18.2 Å². The molecule has 4 rings (SSSR count). The number of nitrogens with one attached hydrogen (secondary N) is 3. The van der Waals surface area contributed by atoms with Crippen molar-refractivity contribution in [3.63, 3.8) is 0 Å². The molecule has 0 radical (unpaired) electrons. The molecule has 0 unspecified atom stereocenters. The normalized spacial score (nSPS) is 13.5. The van der Waals surface area contributed by atoms with E-state index in [0.717, 1.165) is 43.0 Å². The first kappa shape index (κ1) is 42.4. The molecule has 1 aromatic heterocycles. The number of methoxy groups -OCH3 is 1. The number of carbonyl (C=O) groups excluding carboxylic acids is 1. The van der Waals surface area contributed by atoms with Crippen LogP contribution in [0.4, 0.5) is 24.7 Å². The predicted molar refractivity (Wildman–Crippen MR) is 191 cm³/mol. The lowest BCUT2D eigenvalue weighted by Gasteiger charge is -2.18. The van der Waals surface area contributed by atoms with E-state index in [0.29, 0.717) is 51.4 Å². The molecule has 0 aliphatic carbocycles. The number of halogens is 3. The molecule has 0 bridgehead atoms. The van der Waals surface area contributed by atoms with E-state index in [1.165, 1.54) is 23.8 Å². The summed E-state index contributed by atoms with van der Waals surface area (Å²) >= 11 is 0. The highest BCUT2D eigenvalue weighted by atomic mass is 32.2. The smallest absolute Gasteiger partial charge is 0.416 e. The van der Waals surface area contributed by atoms with Gasteiger partial charge in [-0.3, -0.25) is 9.59 Å². The van der Waals surface area contributed by atoms with Crippen LogP contribution < -0.4 is 20.1 Å². The summed E-state index contributed by atoms with van der Waals surface area (Å²) in [5.74, 6) is -0.969. The van der Waals surface area contributed by atoms with Crippen molar-refractivity contribution in [1.82, 2.24) is 9.71 Å². The van der Waals surface area contributed by atoms with Gasteiger partial charge in [0.05, 0.1) is 62.4 Å². The Morgan fingerprint density at radius 1 is 0.963 bits per heavy atom. The second-order valence-electron chi connectivity index (χ2n) is 12.2. The van der Waals surface area contributed by atoms with E-state index in [-0.39, 0.29) is 43.4 Å². The van der Waals surface area contributed by atoms with Crippen molar-refractivity contribution in [1.29, 1.82) is 0 Å². The number of amides is 1. The largest absolute Gasteiger partial charge is 0.491 e. The maximum absolute atomic E-state index is 13.2. The Hall–Kier alpha value is -4.33.